The number of carboxylic acids is 1. The van der Waals surface area contributed by atoms with Crippen molar-refractivity contribution in [2.24, 2.45) is 23.7 Å². The first-order valence-electron chi connectivity index (χ1n) is 7.52. The van der Waals surface area contributed by atoms with Gasteiger partial charge in [0.15, 0.2) is 0 Å². The minimum Gasteiger partial charge on any atom is -0.496 e. The second-order valence-electron chi connectivity index (χ2n) is 6.01. The van der Waals surface area contributed by atoms with Crippen LogP contribution in [0, 0.1) is 23.7 Å². The van der Waals surface area contributed by atoms with Gasteiger partial charge in [-0.05, 0) is 36.5 Å². The van der Waals surface area contributed by atoms with Crippen LogP contribution in [0.15, 0.2) is 30.4 Å². The Labute approximate surface area is 139 Å². The number of hydrogen-bond donors (Lipinski definition) is 2. The third-order valence-corrected chi connectivity index (χ3v) is 4.98. The van der Waals surface area contributed by atoms with Crippen molar-refractivity contribution in [1.29, 1.82) is 0 Å². The number of amides is 1. The predicted molar refractivity (Wildman–Crippen MR) is 85.2 cm³/mol. The van der Waals surface area contributed by atoms with Gasteiger partial charge in [-0.25, -0.2) is 0 Å². The summed E-state index contributed by atoms with van der Waals surface area (Å²) in [6.07, 6.45) is 4.64. The number of carbonyl (C=O) groups excluding carboxylic acids is 1. The quantitative estimate of drug-likeness (QED) is 0.811. The Kier molecular flexibility index (Phi) is 4.31. The molecule has 0 aliphatic heterocycles. The van der Waals surface area contributed by atoms with E-state index in [-0.39, 0.29) is 24.3 Å². The molecule has 1 amide bonds. The SMILES string of the molecule is COc1ccc(Cl)cc1CNC(=O)C1C2C=CC(C2)C1C(=O)O. The summed E-state index contributed by atoms with van der Waals surface area (Å²) in [6.45, 7) is 0.256. The first-order valence-corrected chi connectivity index (χ1v) is 7.90. The molecule has 0 radical (unpaired) electrons. The van der Waals surface area contributed by atoms with Crippen LogP contribution in [-0.4, -0.2) is 24.1 Å². The van der Waals surface area contributed by atoms with E-state index in [4.69, 9.17) is 16.3 Å². The largest absolute Gasteiger partial charge is 0.496 e. The van der Waals surface area contributed by atoms with E-state index in [9.17, 15) is 14.7 Å². The topological polar surface area (TPSA) is 75.6 Å². The van der Waals surface area contributed by atoms with E-state index in [0.717, 1.165) is 12.0 Å². The number of halogens is 1. The van der Waals surface area contributed by atoms with Crippen LogP contribution in [-0.2, 0) is 16.1 Å². The van der Waals surface area contributed by atoms with Crippen molar-refractivity contribution >= 4 is 23.5 Å². The summed E-state index contributed by atoms with van der Waals surface area (Å²) >= 11 is 5.98. The minimum atomic E-state index is -0.901. The van der Waals surface area contributed by atoms with Gasteiger partial charge in [0, 0.05) is 17.1 Å². The maximum Gasteiger partial charge on any atom is 0.307 e. The molecule has 122 valence electrons. The summed E-state index contributed by atoms with van der Waals surface area (Å²) in [7, 11) is 1.55. The van der Waals surface area contributed by atoms with Gasteiger partial charge in [-0.1, -0.05) is 23.8 Å². The summed E-state index contributed by atoms with van der Waals surface area (Å²) in [4.78, 5) is 24.0. The van der Waals surface area contributed by atoms with E-state index >= 15 is 0 Å². The summed E-state index contributed by atoms with van der Waals surface area (Å²) in [5.74, 6) is -1.65. The second kappa shape index (κ2) is 6.24. The Morgan fingerprint density at radius 1 is 1.30 bits per heavy atom. The molecule has 2 N–H and O–H groups in total. The van der Waals surface area contributed by atoms with Crippen molar-refractivity contribution in [3.05, 3.63) is 40.9 Å². The number of hydrogen-bond acceptors (Lipinski definition) is 3. The molecule has 0 saturated heterocycles. The highest BCUT2D eigenvalue weighted by molar-refractivity contribution is 6.30. The Hall–Kier alpha value is -2.01. The molecular formula is C17H18ClNO4. The fourth-order valence-electron chi connectivity index (χ4n) is 3.70. The van der Waals surface area contributed by atoms with Gasteiger partial charge in [-0.3, -0.25) is 9.59 Å². The van der Waals surface area contributed by atoms with Crippen LogP contribution < -0.4 is 10.1 Å². The number of benzene rings is 1. The molecule has 3 rings (SSSR count). The second-order valence-corrected chi connectivity index (χ2v) is 6.45. The first kappa shape index (κ1) is 15.9. The number of aliphatic carboxylic acids is 1. The number of fused-ring (bicyclic) bond motifs is 2. The van der Waals surface area contributed by atoms with Gasteiger partial charge < -0.3 is 15.2 Å². The van der Waals surface area contributed by atoms with Crippen molar-refractivity contribution in [1.82, 2.24) is 5.32 Å². The summed E-state index contributed by atoms with van der Waals surface area (Å²) in [6, 6.07) is 5.19. The van der Waals surface area contributed by atoms with Crippen LogP contribution in [0.4, 0.5) is 0 Å². The van der Waals surface area contributed by atoms with Crippen molar-refractivity contribution in [3.8, 4) is 5.75 Å². The van der Waals surface area contributed by atoms with Crippen LogP contribution in [0.25, 0.3) is 0 Å². The van der Waals surface area contributed by atoms with Crippen LogP contribution in [0.5, 0.6) is 5.75 Å². The van der Waals surface area contributed by atoms with Gasteiger partial charge >= 0.3 is 5.97 Å². The molecule has 1 aromatic rings. The fraction of sp³-hybridized carbons (Fsp3) is 0.412. The Bertz CT molecular complexity index is 673. The van der Waals surface area contributed by atoms with Crippen molar-refractivity contribution in [2.45, 2.75) is 13.0 Å². The summed E-state index contributed by atoms with van der Waals surface area (Å²) in [5.41, 5.74) is 0.763. The van der Waals surface area contributed by atoms with Crippen molar-refractivity contribution in [2.75, 3.05) is 7.11 Å². The molecule has 4 unspecified atom stereocenters. The number of ether oxygens (including phenoxy) is 1. The Morgan fingerprint density at radius 2 is 2.00 bits per heavy atom. The average molecular weight is 336 g/mol. The normalized spacial score (nSPS) is 27.9. The molecule has 23 heavy (non-hydrogen) atoms. The molecule has 0 spiro atoms. The lowest BCUT2D eigenvalue weighted by Crippen LogP contribution is -2.39. The highest BCUT2D eigenvalue weighted by atomic mass is 35.5. The zero-order valence-corrected chi connectivity index (χ0v) is 13.4. The van der Waals surface area contributed by atoms with Crippen molar-refractivity contribution < 1.29 is 19.4 Å². The molecule has 5 nitrogen and oxygen atoms in total. The van der Waals surface area contributed by atoms with Crippen molar-refractivity contribution in [3.63, 3.8) is 0 Å². The maximum absolute atomic E-state index is 12.5. The lowest BCUT2D eigenvalue weighted by atomic mass is 9.82. The monoisotopic (exact) mass is 335 g/mol. The molecule has 6 heteroatoms. The number of allylic oxidation sites excluding steroid dienone is 2. The fourth-order valence-corrected chi connectivity index (χ4v) is 3.90. The molecule has 1 aromatic carbocycles. The maximum atomic E-state index is 12.5. The number of carboxylic acid groups (broad SMARTS) is 1. The van der Waals surface area contributed by atoms with Gasteiger partial charge in [-0.15, -0.1) is 0 Å². The van der Waals surface area contributed by atoms with E-state index in [1.807, 2.05) is 12.2 Å². The lowest BCUT2D eigenvalue weighted by molar-refractivity contribution is -0.147. The van der Waals surface area contributed by atoms with E-state index in [1.54, 1.807) is 25.3 Å². The molecule has 2 aliphatic rings. The number of methoxy groups -OCH3 is 1. The third-order valence-electron chi connectivity index (χ3n) is 4.74. The van der Waals surface area contributed by atoms with E-state index in [1.165, 1.54) is 0 Å². The van der Waals surface area contributed by atoms with Gasteiger partial charge in [0.05, 0.1) is 18.9 Å². The highest BCUT2D eigenvalue weighted by Gasteiger charge is 2.51. The van der Waals surface area contributed by atoms with Crippen LogP contribution >= 0.6 is 11.6 Å². The standard InChI is InChI=1S/C17H18ClNO4/c1-23-13-5-4-12(18)7-11(13)8-19-16(20)14-9-2-3-10(6-9)15(14)17(21)22/h2-5,7,9-10,14-15H,6,8H2,1H3,(H,19,20)(H,21,22). The molecule has 1 saturated carbocycles. The van der Waals surface area contributed by atoms with E-state index in [2.05, 4.69) is 5.32 Å². The summed E-state index contributed by atoms with van der Waals surface area (Å²) < 4.78 is 5.25. The molecule has 2 aliphatic carbocycles. The molecule has 1 fully saturated rings. The van der Waals surface area contributed by atoms with Gasteiger partial charge in [0.2, 0.25) is 5.91 Å². The summed E-state index contributed by atoms with van der Waals surface area (Å²) in [5, 5.41) is 12.8. The van der Waals surface area contributed by atoms with Gasteiger partial charge in [0.1, 0.15) is 5.75 Å². The first-order chi connectivity index (χ1) is 11.0. The minimum absolute atomic E-state index is 0.0161. The van der Waals surface area contributed by atoms with Crippen LogP contribution in [0.1, 0.15) is 12.0 Å². The zero-order valence-electron chi connectivity index (χ0n) is 12.7. The third kappa shape index (κ3) is 2.93. The van der Waals surface area contributed by atoms with Gasteiger partial charge in [-0.2, -0.15) is 0 Å². The molecule has 4 atom stereocenters. The van der Waals surface area contributed by atoms with E-state index in [0.29, 0.717) is 10.8 Å². The van der Waals surface area contributed by atoms with E-state index < -0.39 is 17.8 Å². The molecular weight excluding hydrogens is 318 g/mol. The Balaban J connectivity index is 1.72. The molecule has 0 aromatic heterocycles. The van der Waals surface area contributed by atoms with Crippen LogP contribution in [0.3, 0.4) is 0 Å². The smallest absolute Gasteiger partial charge is 0.307 e. The number of nitrogens with one attached hydrogen (secondary N) is 1. The van der Waals surface area contributed by atoms with Crippen LogP contribution in [0.2, 0.25) is 5.02 Å². The van der Waals surface area contributed by atoms with Gasteiger partial charge in [0.25, 0.3) is 0 Å². The number of carbonyl (C=O) groups is 2. The Morgan fingerprint density at radius 3 is 2.65 bits per heavy atom. The number of rotatable bonds is 5. The predicted octanol–water partition coefficient (Wildman–Crippen LogP) is 2.49. The lowest BCUT2D eigenvalue weighted by Gasteiger charge is -2.24. The molecule has 0 heterocycles. The molecule has 2 bridgehead atoms. The zero-order chi connectivity index (χ0) is 16.6. The average Bonchev–Trinajstić information content (AvgIpc) is 3.13. The highest BCUT2D eigenvalue weighted by Crippen LogP contribution is 2.48.